The van der Waals surface area contributed by atoms with Gasteiger partial charge in [-0.15, -0.1) is 0 Å². The number of aromatic nitrogens is 2. The van der Waals surface area contributed by atoms with Crippen molar-refractivity contribution in [3.8, 4) is 0 Å². The molecule has 0 saturated carbocycles. The van der Waals surface area contributed by atoms with Crippen molar-refractivity contribution in [3.05, 3.63) is 53.4 Å². The van der Waals surface area contributed by atoms with Gasteiger partial charge in [-0.1, -0.05) is 19.1 Å². The molecule has 0 radical (unpaired) electrons. The van der Waals surface area contributed by atoms with Gasteiger partial charge < -0.3 is 14.6 Å². The van der Waals surface area contributed by atoms with Crippen molar-refractivity contribution in [2.24, 2.45) is 0 Å². The highest BCUT2D eigenvalue weighted by molar-refractivity contribution is 5.72. The Balaban J connectivity index is 1.43. The van der Waals surface area contributed by atoms with Gasteiger partial charge in [-0.05, 0) is 18.2 Å². The number of carbonyl (C=O) groups excluding carboxylic acids is 1. The number of cyclic esters (lactones) is 1. The minimum absolute atomic E-state index is 0.0315. The standard InChI is InChI=1S/C21H21F3N4O2/c1-12-17(5-4-16-19(12)26-11-25-16)28-18(9-30-20(28)29)14-3-2-13(8-15(14)22)27-7-6-21(23,24)10-27/h2-5,8,11-12,17-18H,6-7,9-10H2,1H3,(H,25,26)/t12?,17?,18-/m1/s1. The molecular formula is C21H21F3N4O2. The van der Waals surface area contributed by atoms with Crippen LogP contribution in [0.4, 0.5) is 23.7 Å². The smallest absolute Gasteiger partial charge is 0.411 e. The molecule has 1 amide bonds. The van der Waals surface area contributed by atoms with Crippen LogP contribution < -0.4 is 4.90 Å². The molecule has 0 bridgehead atoms. The van der Waals surface area contributed by atoms with E-state index in [-0.39, 0.29) is 31.5 Å². The van der Waals surface area contributed by atoms with E-state index in [1.54, 1.807) is 23.4 Å². The van der Waals surface area contributed by atoms with E-state index in [0.29, 0.717) is 11.3 Å². The monoisotopic (exact) mass is 418 g/mol. The number of aromatic amines is 1. The molecule has 0 spiro atoms. The second-order valence-electron chi connectivity index (χ2n) is 8.07. The van der Waals surface area contributed by atoms with Crippen LogP contribution in [-0.4, -0.2) is 52.6 Å². The number of imidazole rings is 1. The molecule has 6 nitrogen and oxygen atoms in total. The lowest BCUT2D eigenvalue weighted by molar-refractivity contribution is 0.0257. The van der Waals surface area contributed by atoms with Crippen molar-refractivity contribution in [1.29, 1.82) is 0 Å². The first-order valence-corrected chi connectivity index (χ1v) is 9.93. The van der Waals surface area contributed by atoms with Gasteiger partial charge in [0.1, 0.15) is 12.4 Å². The zero-order valence-electron chi connectivity index (χ0n) is 16.3. The number of benzene rings is 1. The van der Waals surface area contributed by atoms with Gasteiger partial charge >= 0.3 is 6.09 Å². The van der Waals surface area contributed by atoms with E-state index in [0.717, 1.165) is 11.4 Å². The number of nitrogens with one attached hydrogen (secondary N) is 1. The predicted octanol–water partition coefficient (Wildman–Crippen LogP) is 4.09. The highest BCUT2D eigenvalue weighted by Crippen LogP contribution is 2.40. The van der Waals surface area contributed by atoms with Crippen molar-refractivity contribution in [2.75, 3.05) is 24.6 Å². The highest BCUT2D eigenvalue weighted by Gasteiger charge is 2.43. The quantitative estimate of drug-likeness (QED) is 0.816. The third-order valence-electron chi connectivity index (χ3n) is 6.23. The van der Waals surface area contributed by atoms with Crippen LogP contribution >= 0.6 is 0 Å². The fraction of sp³-hybridized carbons (Fsp3) is 0.429. The first-order chi connectivity index (χ1) is 14.3. The van der Waals surface area contributed by atoms with Gasteiger partial charge in [-0.2, -0.15) is 0 Å². The molecule has 1 aromatic carbocycles. The minimum Gasteiger partial charge on any atom is -0.447 e. The lowest BCUT2D eigenvalue weighted by Crippen LogP contribution is -2.41. The van der Waals surface area contributed by atoms with Gasteiger partial charge in [0.05, 0.1) is 30.6 Å². The van der Waals surface area contributed by atoms with Crippen molar-refractivity contribution >= 4 is 17.9 Å². The second kappa shape index (κ2) is 6.78. The molecule has 3 heterocycles. The van der Waals surface area contributed by atoms with Crippen LogP contribution in [0, 0.1) is 5.82 Å². The number of alkyl halides is 2. The zero-order valence-corrected chi connectivity index (χ0v) is 16.3. The summed E-state index contributed by atoms with van der Waals surface area (Å²) in [5, 5.41) is 0. The van der Waals surface area contributed by atoms with Crippen LogP contribution in [0.15, 0.2) is 30.6 Å². The minimum atomic E-state index is -2.76. The Hall–Kier alpha value is -2.97. The predicted molar refractivity (Wildman–Crippen MR) is 104 cm³/mol. The summed E-state index contributed by atoms with van der Waals surface area (Å²) in [4.78, 5) is 22.9. The van der Waals surface area contributed by atoms with Gasteiger partial charge in [0.2, 0.25) is 0 Å². The number of ether oxygens (including phenoxy) is 1. The molecule has 3 aliphatic rings. The summed E-state index contributed by atoms with van der Waals surface area (Å²) in [6.45, 7) is 1.77. The summed E-state index contributed by atoms with van der Waals surface area (Å²) in [5.74, 6) is -3.37. The van der Waals surface area contributed by atoms with Crippen molar-refractivity contribution < 1.29 is 22.7 Å². The maximum absolute atomic E-state index is 15.1. The van der Waals surface area contributed by atoms with Gasteiger partial charge in [-0.25, -0.2) is 22.9 Å². The number of halogens is 3. The number of nitrogens with zero attached hydrogens (tertiary/aromatic N) is 3. The number of carbonyl (C=O) groups is 1. The van der Waals surface area contributed by atoms with Crippen molar-refractivity contribution in [1.82, 2.24) is 14.9 Å². The largest absolute Gasteiger partial charge is 0.447 e. The Labute approximate surface area is 171 Å². The Morgan fingerprint density at radius 1 is 1.33 bits per heavy atom. The molecule has 2 aromatic rings. The fourth-order valence-electron chi connectivity index (χ4n) is 4.61. The van der Waals surface area contributed by atoms with E-state index in [2.05, 4.69) is 9.97 Å². The number of anilines is 1. The molecular weight excluding hydrogens is 397 g/mol. The van der Waals surface area contributed by atoms with Crippen LogP contribution in [0.2, 0.25) is 0 Å². The molecule has 2 fully saturated rings. The summed E-state index contributed by atoms with van der Waals surface area (Å²) >= 11 is 0. The Morgan fingerprint density at radius 3 is 2.90 bits per heavy atom. The van der Waals surface area contributed by atoms with E-state index < -0.39 is 30.4 Å². The van der Waals surface area contributed by atoms with E-state index in [9.17, 15) is 13.6 Å². The molecule has 1 aliphatic carbocycles. The first-order valence-electron chi connectivity index (χ1n) is 9.93. The average molecular weight is 418 g/mol. The number of fused-ring (bicyclic) bond motifs is 1. The molecule has 2 unspecified atom stereocenters. The maximum atomic E-state index is 15.1. The first kappa shape index (κ1) is 19.0. The zero-order chi connectivity index (χ0) is 21.0. The molecule has 3 atom stereocenters. The topological polar surface area (TPSA) is 61.5 Å². The highest BCUT2D eigenvalue weighted by atomic mass is 19.3. The molecule has 2 aliphatic heterocycles. The van der Waals surface area contributed by atoms with Gasteiger partial charge in [0.25, 0.3) is 5.92 Å². The summed E-state index contributed by atoms with van der Waals surface area (Å²) in [7, 11) is 0. The molecule has 1 N–H and O–H groups in total. The Bertz CT molecular complexity index is 1020. The van der Waals surface area contributed by atoms with Gasteiger partial charge in [0.15, 0.2) is 0 Å². The summed E-state index contributed by atoms with van der Waals surface area (Å²) in [6.07, 6.45) is 4.58. The lowest BCUT2D eigenvalue weighted by Gasteiger charge is -2.34. The summed E-state index contributed by atoms with van der Waals surface area (Å²) in [5.41, 5.74) is 2.46. The molecule has 1 aromatic heterocycles. The van der Waals surface area contributed by atoms with Crippen LogP contribution in [0.1, 0.15) is 42.3 Å². The third kappa shape index (κ3) is 3.03. The lowest BCUT2D eigenvalue weighted by atomic mass is 9.89. The average Bonchev–Trinajstić information content (AvgIpc) is 3.41. The fourth-order valence-corrected chi connectivity index (χ4v) is 4.61. The number of hydrogen-bond donors (Lipinski definition) is 1. The normalized spacial score (nSPS) is 27.5. The van der Waals surface area contributed by atoms with E-state index in [1.807, 2.05) is 19.1 Å². The second-order valence-corrected chi connectivity index (χ2v) is 8.07. The van der Waals surface area contributed by atoms with Crippen LogP contribution in [0.5, 0.6) is 0 Å². The van der Waals surface area contributed by atoms with Crippen molar-refractivity contribution in [3.63, 3.8) is 0 Å². The maximum Gasteiger partial charge on any atom is 0.411 e. The van der Waals surface area contributed by atoms with E-state index in [1.165, 1.54) is 11.0 Å². The summed E-state index contributed by atoms with van der Waals surface area (Å²) in [6, 6.07) is 3.54. The van der Waals surface area contributed by atoms with Crippen LogP contribution in [0.25, 0.3) is 6.08 Å². The molecule has 5 rings (SSSR count). The molecule has 158 valence electrons. The Kier molecular flexibility index (Phi) is 4.30. The number of hydrogen-bond acceptors (Lipinski definition) is 4. The van der Waals surface area contributed by atoms with Crippen LogP contribution in [0.3, 0.4) is 0 Å². The van der Waals surface area contributed by atoms with Crippen LogP contribution in [-0.2, 0) is 4.74 Å². The molecule has 9 heteroatoms. The number of amides is 1. The molecule has 2 saturated heterocycles. The number of H-pyrrole nitrogens is 1. The van der Waals surface area contributed by atoms with E-state index >= 15 is 4.39 Å². The number of rotatable bonds is 3. The van der Waals surface area contributed by atoms with Crippen molar-refractivity contribution in [2.45, 2.75) is 37.3 Å². The van der Waals surface area contributed by atoms with Gasteiger partial charge in [0, 0.05) is 35.8 Å². The van der Waals surface area contributed by atoms with Gasteiger partial charge in [-0.3, -0.25) is 4.90 Å². The summed E-state index contributed by atoms with van der Waals surface area (Å²) < 4.78 is 47.4. The SMILES string of the molecule is CC1c2[nH]cnc2C=CC1N1C(=O)OC[C@@H]1c1ccc(N2CCC(F)(F)C2)cc1F. The third-order valence-corrected chi connectivity index (χ3v) is 6.23. The Morgan fingerprint density at radius 2 is 2.17 bits per heavy atom. The molecule has 30 heavy (non-hydrogen) atoms. The van der Waals surface area contributed by atoms with E-state index in [4.69, 9.17) is 4.74 Å².